The van der Waals surface area contributed by atoms with Crippen LogP contribution in [-0.4, -0.2) is 12.5 Å². The molecule has 0 aliphatic carbocycles. The van der Waals surface area contributed by atoms with Gasteiger partial charge in [0.2, 0.25) is 5.91 Å². The molecule has 6 heteroatoms. The van der Waals surface area contributed by atoms with E-state index < -0.39 is 6.61 Å². The summed E-state index contributed by atoms with van der Waals surface area (Å²) in [6.45, 7) is -2.86. The highest BCUT2D eigenvalue weighted by Gasteiger charge is 2.10. The van der Waals surface area contributed by atoms with Crippen LogP contribution in [0.1, 0.15) is 5.56 Å². The quantitative estimate of drug-likeness (QED) is 0.657. The fraction of sp³-hybridized carbons (Fsp3) is 0.105. The van der Waals surface area contributed by atoms with Gasteiger partial charge in [-0.1, -0.05) is 36.4 Å². The Morgan fingerprint density at radius 3 is 2.48 bits per heavy atom. The average Bonchev–Trinajstić information content (AvgIpc) is 3.11. The molecule has 25 heavy (non-hydrogen) atoms. The zero-order valence-corrected chi connectivity index (χ0v) is 13.9. The molecule has 0 saturated heterocycles. The molecule has 0 radical (unpaired) electrons. The van der Waals surface area contributed by atoms with Crippen LogP contribution in [0.2, 0.25) is 0 Å². The summed E-state index contributed by atoms with van der Waals surface area (Å²) in [4.78, 5) is 13.4. The Morgan fingerprint density at radius 1 is 1.04 bits per heavy atom. The van der Waals surface area contributed by atoms with Gasteiger partial charge in [-0.05, 0) is 35.2 Å². The SMILES string of the molecule is O=C(Cc1ccc(OC(F)F)cc1)Nc1ccccc1-c1cccs1. The van der Waals surface area contributed by atoms with Crippen molar-refractivity contribution in [3.63, 3.8) is 0 Å². The normalized spacial score (nSPS) is 10.7. The van der Waals surface area contributed by atoms with E-state index in [9.17, 15) is 13.6 Å². The first-order valence-corrected chi connectivity index (χ1v) is 8.46. The Hall–Kier alpha value is -2.73. The molecule has 0 saturated carbocycles. The van der Waals surface area contributed by atoms with Crippen LogP contribution in [0.3, 0.4) is 0 Å². The Kier molecular flexibility index (Phi) is 5.40. The Bertz CT molecular complexity index is 833. The topological polar surface area (TPSA) is 38.3 Å². The van der Waals surface area contributed by atoms with Crippen molar-refractivity contribution in [3.8, 4) is 16.2 Å². The van der Waals surface area contributed by atoms with Gasteiger partial charge in [0, 0.05) is 16.1 Å². The Morgan fingerprint density at radius 2 is 1.80 bits per heavy atom. The van der Waals surface area contributed by atoms with E-state index in [1.54, 1.807) is 23.5 Å². The summed E-state index contributed by atoms with van der Waals surface area (Å²) in [5.41, 5.74) is 2.42. The fourth-order valence-corrected chi connectivity index (χ4v) is 3.17. The second-order valence-electron chi connectivity index (χ2n) is 5.27. The first-order chi connectivity index (χ1) is 12.1. The molecule has 1 aromatic heterocycles. The van der Waals surface area contributed by atoms with Gasteiger partial charge in [-0.3, -0.25) is 4.79 Å². The van der Waals surface area contributed by atoms with Crippen LogP contribution in [0.5, 0.6) is 5.75 Å². The molecular formula is C19H15F2NO2S. The maximum Gasteiger partial charge on any atom is 0.387 e. The largest absolute Gasteiger partial charge is 0.435 e. The zero-order valence-electron chi connectivity index (χ0n) is 13.1. The lowest BCUT2D eigenvalue weighted by molar-refractivity contribution is -0.115. The number of halogens is 2. The van der Waals surface area contributed by atoms with Crippen molar-refractivity contribution in [2.45, 2.75) is 13.0 Å². The first-order valence-electron chi connectivity index (χ1n) is 7.58. The van der Waals surface area contributed by atoms with E-state index in [0.29, 0.717) is 5.56 Å². The second kappa shape index (κ2) is 7.90. The number of rotatable bonds is 6. The molecule has 1 N–H and O–H groups in total. The van der Waals surface area contributed by atoms with Crippen molar-refractivity contribution < 1.29 is 18.3 Å². The molecule has 0 atom stereocenters. The highest BCUT2D eigenvalue weighted by molar-refractivity contribution is 7.13. The number of amides is 1. The van der Waals surface area contributed by atoms with Crippen molar-refractivity contribution in [3.05, 3.63) is 71.6 Å². The zero-order chi connectivity index (χ0) is 17.6. The third kappa shape index (κ3) is 4.64. The number of benzene rings is 2. The van der Waals surface area contributed by atoms with Gasteiger partial charge >= 0.3 is 6.61 Å². The summed E-state index contributed by atoms with van der Waals surface area (Å²) in [6, 6.07) is 17.6. The lowest BCUT2D eigenvalue weighted by Gasteiger charge is -2.10. The van der Waals surface area contributed by atoms with Crippen LogP contribution in [0, 0.1) is 0 Å². The van der Waals surface area contributed by atoms with Crippen molar-refractivity contribution in [1.82, 2.24) is 0 Å². The van der Waals surface area contributed by atoms with Gasteiger partial charge in [-0.2, -0.15) is 8.78 Å². The fourth-order valence-electron chi connectivity index (χ4n) is 2.41. The minimum absolute atomic E-state index is 0.0715. The van der Waals surface area contributed by atoms with Crippen molar-refractivity contribution >= 4 is 22.9 Å². The number of carbonyl (C=O) groups is 1. The van der Waals surface area contributed by atoms with Crippen LogP contribution in [0.4, 0.5) is 14.5 Å². The maximum atomic E-state index is 12.3. The number of anilines is 1. The number of ether oxygens (including phenoxy) is 1. The van der Waals surface area contributed by atoms with Crippen LogP contribution in [0.25, 0.3) is 10.4 Å². The summed E-state index contributed by atoms with van der Waals surface area (Å²) in [7, 11) is 0. The van der Waals surface area contributed by atoms with Gasteiger partial charge in [0.25, 0.3) is 0 Å². The molecule has 2 aromatic carbocycles. The van der Waals surface area contributed by atoms with Crippen molar-refractivity contribution in [2.75, 3.05) is 5.32 Å². The van der Waals surface area contributed by atoms with Crippen LogP contribution >= 0.6 is 11.3 Å². The number of thiophene rings is 1. The highest BCUT2D eigenvalue weighted by atomic mass is 32.1. The molecular weight excluding hydrogens is 344 g/mol. The summed E-state index contributed by atoms with van der Waals surface area (Å²) in [5.74, 6) is -0.103. The number of hydrogen-bond acceptors (Lipinski definition) is 3. The van der Waals surface area contributed by atoms with E-state index in [-0.39, 0.29) is 18.1 Å². The third-order valence-corrected chi connectivity index (χ3v) is 4.40. The van der Waals surface area contributed by atoms with Gasteiger partial charge in [-0.25, -0.2) is 0 Å². The Labute approximate surface area is 147 Å². The monoisotopic (exact) mass is 359 g/mol. The Balaban J connectivity index is 1.67. The molecule has 1 heterocycles. The molecule has 1 amide bonds. The summed E-state index contributed by atoms with van der Waals surface area (Å²) < 4.78 is 28.6. The average molecular weight is 359 g/mol. The molecule has 0 spiro atoms. The predicted octanol–water partition coefficient (Wildman–Crippen LogP) is 5.20. The lowest BCUT2D eigenvalue weighted by atomic mass is 10.1. The van der Waals surface area contributed by atoms with Gasteiger partial charge < -0.3 is 10.1 Å². The van der Waals surface area contributed by atoms with E-state index in [4.69, 9.17) is 0 Å². The molecule has 3 rings (SSSR count). The number of carbonyl (C=O) groups excluding carboxylic acids is 1. The van der Waals surface area contributed by atoms with Gasteiger partial charge in [0.15, 0.2) is 0 Å². The standard InChI is InChI=1S/C19H15F2NO2S/c20-19(21)24-14-9-7-13(8-10-14)12-18(23)22-16-5-2-1-4-15(16)17-6-3-11-25-17/h1-11,19H,12H2,(H,22,23). The van der Waals surface area contributed by atoms with E-state index in [2.05, 4.69) is 10.1 Å². The van der Waals surface area contributed by atoms with Gasteiger partial charge in [-0.15, -0.1) is 11.3 Å². The molecule has 3 nitrogen and oxygen atoms in total. The second-order valence-corrected chi connectivity index (χ2v) is 6.22. The summed E-state index contributed by atoms with van der Waals surface area (Å²) >= 11 is 1.60. The maximum absolute atomic E-state index is 12.3. The molecule has 0 aliphatic heterocycles. The highest BCUT2D eigenvalue weighted by Crippen LogP contribution is 2.31. The molecule has 0 bridgehead atoms. The minimum Gasteiger partial charge on any atom is -0.435 e. The van der Waals surface area contributed by atoms with Gasteiger partial charge in [0.05, 0.1) is 6.42 Å². The van der Waals surface area contributed by atoms with Crippen molar-refractivity contribution in [1.29, 1.82) is 0 Å². The molecule has 128 valence electrons. The molecule has 0 fully saturated rings. The van der Waals surface area contributed by atoms with E-state index in [1.165, 1.54) is 12.1 Å². The van der Waals surface area contributed by atoms with E-state index in [1.807, 2.05) is 41.8 Å². The van der Waals surface area contributed by atoms with Gasteiger partial charge in [0.1, 0.15) is 5.75 Å². The number of alkyl halides is 2. The molecule has 3 aromatic rings. The minimum atomic E-state index is -2.86. The summed E-state index contributed by atoms with van der Waals surface area (Å²) in [5, 5.41) is 4.89. The molecule has 0 aliphatic rings. The van der Waals surface area contributed by atoms with E-state index >= 15 is 0 Å². The first kappa shape index (κ1) is 17.1. The predicted molar refractivity (Wildman–Crippen MR) is 95.2 cm³/mol. The van der Waals surface area contributed by atoms with Crippen LogP contribution in [-0.2, 0) is 11.2 Å². The van der Waals surface area contributed by atoms with Crippen LogP contribution < -0.4 is 10.1 Å². The van der Waals surface area contributed by atoms with Crippen LogP contribution in [0.15, 0.2) is 66.0 Å². The van der Waals surface area contributed by atoms with Crippen molar-refractivity contribution in [2.24, 2.45) is 0 Å². The number of para-hydroxylation sites is 1. The third-order valence-electron chi connectivity index (χ3n) is 3.50. The number of nitrogens with one attached hydrogen (secondary N) is 1. The molecule has 0 unspecified atom stereocenters. The summed E-state index contributed by atoms with van der Waals surface area (Å²) in [6.07, 6.45) is 0.147. The lowest BCUT2D eigenvalue weighted by Crippen LogP contribution is -2.15. The smallest absolute Gasteiger partial charge is 0.387 e. The van der Waals surface area contributed by atoms with E-state index in [0.717, 1.165) is 16.1 Å². The number of hydrogen-bond donors (Lipinski definition) is 1.